The van der Waals surface area contributed by atoms with E-state index in [1.165, 1.54) is 6.42 Å². The number of aryl methyl sites for hydroxylation is 1. The molecule has 2 aromatic rings. The molecule has 1 aromatic heterocycles. The number of pyridine rings is 1. The van der Waals surface area contributed by atoms with Crippen molar-refractivity contribution in [3.63, 3.8) is 0 Å². The molecule has 0 saturated carbocycles. The van der Waals surface area contributed by atoms with Crippen LogP contribution < -0.4 is 9.47 Å². The molecule has 1 aromatic carbocycles. The molecule has 0 bridgehead atoms. The van der Waals surface area contributed by atoms with Crippen molar-refractivity contribution in [3.8, 4) is 11.5 Å². The highest BCUT2D eigenvalue weighted by Gasteiger charge is 2.07. The van der Waals surface area contributed by atoms with Gasteiger partial charge in [-0.1, -0.05) is 13.3 Å². The lowest BCUT2D eigenvalue weighted by Crippen LogP contribution is -1.95. The van der Waals surface area contributed by atoms with Gasteiger partial charge in [0.15, 0.2) is 0 Å². The van der Waals surface area contributed by atoms with E-state index in [-0.39, 0.29) is 0 Å². The number of ether oxygens (including phenoxy) is 2. The molecule has 0 aliphatic heterocycles. The fourth-order valence-electron chi connectivity index (χ4n) is 2.01. The highest BCUT2D eigenvalue weighted by Crippen LogP contribution is 2.29. The van der Waals surface area contributed by atoms with Crippen molar-refractivity contribution in [3.05, 3.63) is 30.0 Å². The number of nitrogens with zero attached hydrogens (tertiary/aromatic N) is 1. The predicted octanol–water partition coefficient (Wildman–Crippen LogP) is 3.59. The molecule has 0 atom stereocenters. The quantitative estimate of drug-likeness (QED) is 0.806. The number of hydrogen-bond acceptors (Lipinski definition) is 3. The van der Waals surface area contributed by atoms with Crippen molar-refractivity contribution >= 4 is 10.9 Å². The molecule has 0 N–H and O–H groups in total. The van der Waals surface area contributed by atoms with Crippen LogP contribution in [0.5, 0.6) is 11.5 Å². The summed E-state index contributed by atoms with van der Waals surface area (Å²) < 4.78 is 10.7. The molecule has 0 aliphatic carbocycles. The van der Waals surface area contributed by atoms with E-state index >= 15 is 0 Å². The highest BCUT2D eigenvalue weighted by molar-refractivity contribution is 5.86. The molecule has 2 rings (SSSR count). The fraction of sp³-hybridized carbons (Fsp3) is 0.400. The maximum Gasteiger partial charge on any atom is 0.130 e. The van der Waals surface area contributed by atoms with E-state index in [1.54, 1.807) is 14.2 Å². The molecule has 0 amide bonds. The average Bonchev–Trinajstić information content (AvgIpc) is 2.43. The summed E-state index contributed by atoms with van der Waals surface area (Å²) in [5.74, 6) is 1.69. The van der Waals surface area contributed by atoms with Crippen molar-refractivity contribution in [1.29, 1.82) is 0 Å². The van der Waals surface area contributed by atoms with Gasteiger partial charge >= 0.3 is 0 Å². The Hall–Kier alpha value is -1.77. The zero-order valence-corrected chi connectivity index (χ0v) is 11.2. The number of methoxy groups -OCH3 is 2. The van der Waals surface area contributed by atoms with Crippen molar-refractivity contribution in [2.45, 2.75) is 26.2 Å². The van der Waals surface area contributed by atoms with Gasteiger partial charge in [0.25, 0.3) is 0 Å². The molecule has 0 saturated heterocycles. The summed E-state index contributed by atoms with van der Waals surface area (Å²) in [6.45, 7) is 2.18. The molecule has 96 valence electrons. The summed E-state index contributed by atoms with van der Waals surface area (Å²) in [6, 6.07) is 7.90. The van der Waals surface area contributed by atoms with Gasteiger partial charge in [-0.15, -0.1) is 0 Å². The number of rotatable bonds is 5. The zero-order valence-electron chi connectivity index (χ0n) is 11.2. The summed E-state index contributed by atoms with van der Waals surface area (Å²) in [5.41, 5.74) is 2.05. The molecule has 0 spiro atoms. The Kier molecular flexibility index (Phi) is 4.03. The number of aromatic nitrogens is 1. The maximum atomic E-state index is 5.45. The average molecular weight is 245 g/mol. The number of benzene rings is 1. The first kappa shape index (κ1) is 12.7. The van der Waals surface area contributed by atoms with E-state index in [9.17, 15) is 0 Å². The van der Waals surface area contributed by atoms with E-state index in [0.29, 0.717) is 0 Å². The Morgan fingerprint density at radius 2 is 1.94 bits per heavy atom. The summed E-state index contributed by atoms with van der Waals surface area (Å²) in [7, 11) is 3.36. The predicted molar refractivity (Wildman–Crippen MR) is 73.5 cm³/mol. The van der Waals surface area contributed by atoms with Gasteiger partial charge in [0.1, 0.15) is 11.5 Å². The van der Waals surface area contributed by atoms with Crippen LogP contribution in [0.4, 0.5) is 0 Å². The minimum Gasteiger partial charge on any atom is -0.497 e. The van der Waals surface area contributed by atoms with E-state index in [1.807, 2.05) is 24.3 Å². The lowest BCUT2D eigenvalue weighted by atomic mass is 10.1. The van der Waals surface area contributed by atoms with Gasteiger partial charge in [-0.05, 0) is 31.0 Å². The maximum absolute atomic E-state index is 5.45. The lowest BCUT2D eigenvalue weighted by molar-refractivity contribution is 0.411. The van der Waals surface area contributed by atoms with Crippen LogP contribution in [0.3, 0.4) is 0 Å². The topological polar surface area (TPSA) is 31.4 Å². The molecular formula is C15H19NO2. The van der Waals surface area contributed by atoms with E-state index in [0.717, 1.165) is 40.9 Å². The Labute approximate surface area is 108 Å². The molecule has 0 aliphatic rings. The Morgan fingerprint density at radius 3 is 2.61 bits per heavy atom. The third-order valence-electron chi connectivity index (χ3n) is 3.04. The second-order valence-corrected chi connectivity index (χ2v) is 4.30. The summed E-state index contributed by atoms with van der Waals surface area (Å²) in [5, 5.41) is 0.997. The Balaban J connectivity index is 2.48. The van der Waals surface area contributed by atoms with Crippen LogP contribution in [0, 0.1) is 0 Å². The van der Waals surface area contributed by atoms with Gasteiger partial charge in [-0.3, -0.25) is 4.98 Å². The Bertz CT molecular complexity index is 537. The van der Waals surface area contributed by atoms with Gasteiger partial charge in [0.05, 0.1) is 19.7 Å². The lowest BCUT2D eigenvalue weighted by Gasteiger charge is -2.09. The number of unbranched alkanes of at least 4 members (excludes halogenated alkanes) is 1. The SMILES string of the molecule is CCCCc1cc(OC)c2cc(OC)ccc2n1. The van der Waals surface area contributed by atoms with Gasteiger partial charge in [-0.25, -0.2) is 0 Å². The van der Waals surface area contributed by atoms with Gasteiger partial charge in [0, 0.05) is 17.1 Å². The van der Waals surface area contributed by atoms with Crippen molar-refractivity contribution < 1.29 is 9.47 Å². The molecule has 18 heavy (non-hydrogen) atoms. The molecular weight excluding hydrogens is 226 g/mol. The first-order chi connectivity index (χ1) is 8.78. The first-order valence-electron chi connectivity index (χ1n) is 6.30. The monoisotopic (exact) mass is 245 g/mol. The summed E-state index contributed by atoms with van der Waals surface area (Å²) in [4.78, 5) is 4.66. The highest BCUT2D eigenvalue weighted by atomic mass is 16.5. The standard InChI is InChI=1S/C15H19NO2/c1-4-5-6-11-9-15(18-3)13-10-12(17-2)7-8-14(13)16-11/h7-10H,4-6H2,1-3H3. The Morgan fingerprint density at radius 1 is 1.11 bits per heavy atom. The van der Waals surface area contributed by atoms with E-state index in [2.05, 4.69) is 11.9 Å². The summed E-state index contributed by atoms with van der Waals surface area (Å²) >= 11 is 0. The molecule has 0 radical (unpaired) electrons. The smallest absolute Gasteiger partial charge is 0.130 e. The van der Waals surface area contributed by atoms with Crippen LogP contribution >= 0.6 is 0 Å². The second-order valence-electron chi connectivity index (χ2n) is 4.30. The molecule has 3 nitrogen and oxygen atoms in total. The van der Waals surface area contributed by atoms with Crippen LogP contribution in [0.25, 0.3) is 10.9 Å². The van der Waals surface area contributed by atoms with Crippen molar-refractivity contribution in [2.75, 3.05) is 14.2 Å². The van der Waals surface area contributed by atoms with Crippen LogP contribution in [-0.4, -0.2) is 19.2 Å². The zero-order chi connectivity index (χ0) is 13.0. The van der Waals surface area contributed by atoms with Gasteiger partial charge < -0.3 is 9.47 Å². The number of hydrogen-bond donors (Lipinski definition) is 0. The first-order valence-corrected chi connectivity index (χ1v) is 6.30. The van der Waals surface area contributed by atoms with Crippen LogP contribution in [0.2, 0.25) is 0 Å². The molecule has 0 fully saturated rings. The minimum absolute atomic E-state index is 0.823. The van der Waals surface area contributed by atoms with Crippen LogP contribution in [0.15, 0.2) is 24.3 Å². The second kappa shape index (κ2) is 5.71. The molecule has 0 unspecified atom stereocenters. The molecule has 1 heterocycles. The third kappa shape index (κ3) is 2.55. The summed E-state index contributed by atoms with van der Waals surface area (Å²) in [6.07, 6.45) is 3.32. The third-order valence-corrected chi connectivity index (χ3v) is 3.04. The van der Waals surface area contributed by atoms with Crippen LogP contribution in [0.1, 0.15) is 25.5 Å². The van der Waals surface area contributed by atoms with Crippen molar-refractivity contribution in [2.24, 2.45) is 0 Å². The van der Waals surface area contributed by atoms with Crippen LogP contribution in [-0.2, 0) is 6.42 Å². The van der Waals surface area contributed by atoms with E-state index in [4.69, 9.17) is 9.47 Å². The normalized spacial score (nSPS) is 10.6. The van der Waals surface area contributed by atoms with Crippen molar-refractivity contribution in [1.82, 2.24) is 4.98 Å². The fourth-order valence-corrected chi connectivity index (χ4v) is 2.01. The molecule has 3 heteroatoms. The van der Waals surface area contributed by atoms with Gasteiger partial charge in [-0.2, -0.15) is 0 Å². The van der Waals surface area contributed by atoms with E-state index < -0.39 is 0 Å². The van der Waals surface area contributed by atoms with Gasteiger partial charge in [0.2, 0.25) is 0 Å². The minimum atomic E-state index is 0.823. The number of fused-ring (bicyclic) bond motifs is 1. The largest absolute Gasteiger partial charge is 0.497 e.